The maximum atomic E-state index is 9.23. The Labute approximate surface area is 281 Å². The van der Waals surface area contributed by atoms with Crippen molar-refractivity contribution in [2.75, 3.05) is 0 Å². The third kappa shape index (κ3) is 3.97. The van der Waals surface area contributed by atoms with Gasteiger partial charge in [0.05, 0.1) is 9.60 Å². The molecule has 10 rings (SSSR count). The smallest absolute Gasteiger partial charge is 0.136 e. The maximum Gasteiger partial charge on any atom is 0.136 e. The standard InChI is InChI=1S/C46H28O/c1-2-14-31-28-43-41(27-30(31)13-1)46-35(23-11-25-42(46)47-43)32-16-9-17-33(26-32)44-37-19-5-7-21-39(37)45(40-22-8-6-20-38(40)44)36-24-10-15-29-12-3-4-18-34(29)36/h1-28H/i3D,4D,10D,12D,15D,18D,24D. The van der Waals surface area contributed by atoms with Crippen molar-refractivity contribution in [2.45, 2.75) is 0 Å². The molecular weight excluding hydrogens is 569 g/mol. The van der Waals surface area contributed by atoms with Crippen molar-refractivity contribution in [3.05, 3.63) is 170 Å². The number of benzene rings is 9. The number of rotatable bonds is 3. The van der Waals surface area contributed by atoms with Crippen LogP contribution in [0.1, 0.15) is 9.60 Å². The van der Waals surface area contributed by atoms with Crippen LogP contribution in [0.5, 0.6) is 0 Å². The Bertz CT molecular complexity index is 3190. The Morgan fingerprint density at radius 2 is 1.02 bits per heavy atom. The van der Waals surface area contributed by atoms with Gasteiger partial charge in [-0.3, -0.25) is 0 Å². The average molecular weight is 604 g/mol. The van der Waals surface area contributed by atoms with Crippen molar-refractivity contribution >= 4 is 65.0 Å². The highest BCUT2D eigenvalue weighted by atomic mass is 16.3. The normalized spacial score (nSPS) is 13.9. The average Bonchev–Trinajstić information content (AvgIpc) is 3.57. The fourth-order valence-electron chi connectivity index (χ4n) is 7.30. The second kappa shape index (κ2) is 10.2. The van der Waals surface area contributed by atoms with Crippen LogP contribution in [0.3, 0.4) is 0 Å². The summed E-state index contributed by atoms with van der Waals surface area (Å²) >= 11 is 0. The lowest BCUT2D eigenvalue weighted by Crippen LogP contribution is -1.92. The van der Waals surface area contributed by atoms with Crippen molar-refractivity contribution in [2.24, 2.45) is 0 Å². The van der Waals surface area contributed by atoms with Crippen LogP contribution in [0.15, 0.2) is 174 Å². The van der Waals surface area contributed by atoms with Gasteiger partial charge in [-0.05, 0) is 101 Å². The zero-order valence-corrected chi connectivity index (χ0v) is 25.0. The predicted molar refractivity (Wildman–Crippen MR) is 200 cm³/mol. The Kier molecular flexibility index (Phi) is 4.34. The highest BCUT2D eigenvalue weighted by molar-refractivity contribution is 6.24. The van der Waals surface area contributed by atoms with E-state index in [1.54, 1.807) is 0 Å². The van der Waals surface area contributed by atoms with Crippen LogP contribution >= 0.6 is 0 Å². The minimum atomic E-state index is -0.471. The number of hydrogen-bond donors (Lipinski definition) is 0. The topological polar surface area (TPSA) is 13.1 Å². The molecule has 0 N–H and O–H groups in total. The highest BCUT2D eigenvalue weighted by Gasteiger charge is 2.19. The molecule has 0 amide bonds. The first-order valence-electron chi connectivity index (χ1n) is 19.1. The van der Waals surface area contributed by atoms with Gasteiger partial charge >= 0.3 is 0 Å². The molecule has 218 valence electrons. The van der Waals surface area contributed by atoms with Crippen molar-refractivity contribution in [3.63, 3.8) is 0 Å². The van der Waals surface area contributed by atoms with Crippen LogP contribution in [-0.4, -0.2) is 0 Å². The lowest BCUT2D eigenvalue weighted by atomic mass is 9.84. The van der Waals surface area contributed by atoms with Crippen LogP contribution in [0.25, 0.3) is 98.4 Å². The number of fused-ring (bicyclic) bond motifs is 7. The number of furan rings is 1. The van der Waals surface area contributed by atoms with Gasteiger partial charge in [-0.2, -0.15) is 0 Å². The summed E-state index contributed by atoms with van der Waals surface area (Å²) < 4.78 is 67.7. The van der Waals surface area contributed by atoms with Crippen LogP contribution in [-0.2, 0) is 0 Å². The molecule has 0 bridgehead atoms. The first-order chi connectivity index (χ1) is 26.2. The Hall–Kier alpha value is -6.18. The van der Waals surface area contributed by atoms with Gasteiger partial charge in [0.1, 0.15) is 11.2 Å². The SMILES string of the molecule is [2H]c1c([2H])c([2H])c2c(-c3c4ccccc4c(-c4cccc(-c5cccc6oc7cc8ccccc8cc7c56)c4)c4ccccc34)c([2H])c([2H])c([2H])c2c1[2H]. The third-order valence-corrected chi connectivity index (χ3v) is 9.32. The quantitative estimate of drug-likeness (QED) is 0.183. The van der Waals surface area contributed by atoms with E-state index >= 15 is 0 Å². The van der Waals surface area contributed by atoms with E-state index in [0.717, 1.165) is 76.5 Å². The fourth-order valence-corrected chi connectivity index (χ4v) is 7.30. The molecule has 0 saturated carbocycles. The van der Waals surface area contributed by atoms with Crippen LogP contribution in [0.2, 0.25) is 0 Å². The van der Waals surface area contributed by atoms with Crippen molar-refractivity contribution in [1.82, 2.24) is 0 Å². The van der Waals surface area contributed by atoms with Gasteiger partial charge in [-0.15, -0.1) is 0 Å². The van der Waals surface area contributed by atoms with Crippen LogP contribution in [0.4, 0.5) is 0 Å². The van der Waals surface area contributed by atoms with E-state index in [9.17, 15) is 1.37 Å². The Balaban J connectivity index is 1.28. The minimum absolute atomic E-state index is 0.0594. The van der Waals surface area contributed by atoms with E-state index in [0.29, 0.717) is 5.56 Å². The molecular formula is C46H28O. The summed E-state index contributed by atoms with van der Waals surface area (Å²) in [5.41, 5.74) is 6.48. The molecule has 10 aromatic rings. The van der Waals surface area contributed by atoms with E-state index in [2.05, 4.69) is 54.6 Å². The second-order valence-corrected chi connectivity index (χ2v) is 11.9. The first kappa shape index (κ1) is 20.0. The molecule has 0 aliphatic rings. The molecule has 0 radical (unpaired) electrons. The number of hydrogen-bond acceptors (Lipinski definition) is 1. The van der Waals surface area contributed by atoms with Gasteiger partial charge in [0.2, 0.25) is 0 Å². The summed E-state index contributed by atoms with van der Waals surface area (Å²) in [6.45, 7) is 0. The van der Waals surface area contributed by atoms with E-state index in [1.165, 1.54) is 0 Å². The molecule has 0 spiro atoms. The summed E-state index contributed by atoms with van der Waals surface area (Å²) in [5, 5.41) is 7.68. The van der Waals surface area contributed by atoms with E-state index in [4.69, 9.17) is 12.6 Å². The fraction of sp³-hybridized carbons (Fsp3) is 0. The van der Waals surface area contributed by atoms with Gasteiger partial charge in [0, 0.05) is 10.8 Å². The van der Waals surface area contributed by atoms with E-state index in [1.807, 2.05) is 72.8 Å². The largest absolute Gasteiger partial charge is 0.456 e. The molecule has 0 unspecified atom stereocenters. The van der Waals surface area contributed by atoms with Crippen molar-refractivity contribution < 1.29 is 14.0 Å². The maximum absolute atomic E-state index is 9.23. The molecule has 0 saturated heterocycles. The lowest BCUT2D eigenvalue weighted by Gasteiger charge is -2.19. The summed E-state index contributed by atoms with van der Waals surface area (Å²) in [7, 11) is 0. The minimum Gasteiger partial charge on any atom is -0.456 e. The zero-order chi connectivity index (χ0) is 37.0. The Morgan fingerprint density at radius 3 is 1.81 bits per heavy atom. The van der Waals surface area contributed by atoms with Gasteiger partial charge in [-0.1, -0.05) is 145 Å². The molecule has 9 aromatic carbocycles. The van der Waals surface area contributed by atoms with Crippen LogP contribution in [0, 0.1) is 0 Å². The van der Waals surface area contributed by atoms with Gasteiger partial charge in [0.15, 0.2) is 0 Å². The lowest BCUT2D eigenvalue weighted by molar-refractivity contribution is 0.669. The zero-order valence-electron chi connectivity index (χ0n) is 32.0. The summed E-state index contributed by atoms with van der Waals surface area (Å²) in [5.74, 6) is 0. The molecule has 0 aliphatic carbocycles. The molecule has 0 aliphatic heterocycles. The molecule has 1 heterocycles. The molecule has 0 atom stereocenters. The molecule has 0 fully saturated rings. The summed E-state index contributed by atoms with van der Waals surface area (Å²) in [4.78, 5) is 0. The van der Waals surface area contributed by atoms with E-state index < -0.39 is 12.1 Å². The molecule has 47 heavy (non-hydrogen) atoms. The summed E-state index contributed by atoms with van der Waals surface area (Å²) in [6, 6.07) is 40.3. The second-order valence-electron chi connectivity index (χ2n) is 11.9. The van der Waals surface area contributed by atoms with Gasteiger partial charge in [0.25, 0.3) is 0 Å². The molecule has 1 aromatic heterocycles. The van der Waals surface area contributed by atoms with Gasteiger partial charge < -0.3 is 4.42 Å². The molecule has 1 heteroatoms. The Morgan fingerprint density at radius 1 is 0.383 bits per heavy atom. The van der Waals surface area contributed by atoms with Gasteiger partial charge in [-0.25, -0.2) is 0 Å². The monoisotopic (exact) mass is 603 g/mol. The van der Waals surface area contributed by atoms with Crippen LogP contribution < -0.4 is 0 Å². The summed E-state index contributed by atoms with van der Waals surface area (Å²) in [6.07, 6.45) is 0. The van der Waals surface area contributed by atoms with E-state index in [-0.39, 0.29) is 46.5 Å². The van der Waals surface area contributed by atoms with Crippen molar-refractivity contribution in [3.8, 4) is 33.4 Å². The third-order valence-electron chi connectivity index (χ3n) is 9.32. The predicted octanol–water partition coefficient (Wildman–Crippen LogP) is 13.2. The highest BCUT2D eigenvalue weighted by Crippen LogP contribution is 2.46. The van der Waals surface area contributed by atoms with Crippen molar-refractivity contribution in [1.29, 1.82) is 0 Å². The molecule has 1 nitrogen and oxygen atoms in total. The first-order valence-corrected chi connectivity index (χ1v) is 15.6.